The summed E-state index contributed by atoms with van der Waals surface area (Å²) in [4.78, 5) is 26.1. The Balaban J connectivity index is 2.10. The third-order valence-corrected chi connectivity index (χ3v) is 3.91. The third kappa shape index (κ3) is 1.97. The minimum absolute atomic E-state index is 0.327. The Labute approximate surface area is 115 Å². The standard InChI is InChI=1S/C12H7BrN2O2S/c13-7-1-2-9-8(4-7)6(5-14-9)3-10-11(16)15-12(17)18-10/h1-5,14H,(H,15,16,17)/b10-3+. The lowest BCUT2D eigenvalue weighted by molar-refractivity contribution is -0.115. The number of aromatic nitrogens is 1. The van der Waals surface area contributed by atoms with E-state index in [1.165, 1.54) is 0 Å². The largest absolute Gasteiger partial charge is 0.361 e. The Bertz CT molecular complexity index is 705. The molecule has 1 saturated heterocycles. The van der Waals surface area contributed by atoms with Crippen molar-refractivity contribution in [2.75, 3.05) is 0 Å². The van der Waals surface area contributed by atoms with Crippen LogP contribution in [0.5, 0.6) is 0 Å². The molecule has 0 unspecified atom stereocenters. The second kappa shape index (κ2) is 4.29. The Morgan fingerprint density at radius 2 is 2.11 bits per heavy atom. The van der Waals surface area contributed by atoms with Crippen LogP contribution >= 0.6 is 27.7 Å². The van der Waals surface area contributed by atoms with Gasteiger partial charge in [0.1, 0.15) is 0 Å². The zero-order chi connectivity index (χ0) is 12.7. The number of amides is 2. The first-order valence-electron chi connectivity index (χ1n) is 5.15. The molecular formula is C12H7BrN2O2S. The van der Waals surface area contributed by atoms with Crippen molar-refractivity contribution in [2.45, 2.75) is 0 Å². The molecule has 1 aromatic heterocycles. The van der Waals surface area contributed by atoms with Crippen molar-refractivity contribution >= 4 is 55.8 Å². The minimum atomic E-state index is -0.339. The molecule has 0 atom stereocenters. The fourth-order valence-electron chi connectivity index (χ4n) is 1.80. The monoisotopic (exact) mass is 322 g/mol. The molecule has 18 heavy (non-hydrogen) atoms. The fourth-order valence-corrected chi connectivity index (χ4v) is 2.83. The van der Waals surface area contributed by atoms with Crippen LogP contribution in [-0.2, 0) is 4.79 Å². The zero-order valence-corrected chi connectivity index (χ0v) is 11.4. The highest BCUT2D eigenvalue weighted by atomic mass is 79.9. The molecule has 3 rings (SSSR count). The van der Waals surface area contributed by atoms with Gasteiger partial charge in [-0.2, -0.15) is 0 Å². The highest BCUT2D eigenvalue weighted by Crippen LogP contribution is 2.29. The molecule has 90 valence electrons. The number of rotatable bonds is 1. The quantitative estimate of drug-likeness (QED) is 0.792. The topological polar surface area (TPSA) is 62.0 Å². The molecule has 0 aliphatic carbocycles. The van der Waals surface area contributed by atoms with Crippen LogP contribution in [0.2, 0.25) is 0 Å². The highest BCUT2D eigenvalue weighted by molar-refractivity contribution is 9.10. The molecule has 2 N–H and O–H groups in total. The molecule has 0 bridgehead atoms. The lowest BCUT2D eigenvalue weighted by Crippen LogP contribution is -2.17. The van der Waals surface area contributed by atoms with E-state index < -0.39 is 0 Å². The van der Waals surface area contributed by atoms with Crippen molar-refractivity contribution in [3.05, 3.63) is 39.3 Å². The molecule has 0 spiro atoms. The smallest absolute Gasteiger partial charge is 0.290 e. The predicted octanol–water partition coefficient (Wildman–Crippen LogP) is 3.25. The zero-order valence-electron chi connectivity index (χ0n) is 8.99. The first-order valence-corrected chi connectivity index (χ1v) is 6.76. The number of halogens is 1. The van der Waals surface area contributed by atoms with Crippen molar-refractivity contribution in [3.8, 4) is 0 Å². The van der Waals surface area contributed by atoms with Gasteiger partial charge in [0.05, 0.1) is 4.91 Å². The van der Waals surface area contributed by atoms with Crippen LogP contribution in [0.15, 0.2) is 33.8 Å². The summed E-state index contributed by atoms with van der Waals surface area (Å²) in [6.45, 7) is 0. The van der Waals surface area contributed by atoms with Gasteiger partial charge in [-0.25, -0.2) is 0 Å². The number of benzene rings is 1. The molecule has 0 saturated carbocycles. The van der Waals surface area contributed by atoms with Crippen molar-refractivity contribution in [2.24, 2.45) is 0 Å². The van der Waals surface area contributed by atoms with Crippen LogP contribution in [0.4, 0.5) is 4.79 Å². The van der Waals surface area contributed by atoms with E-state index in [9.17, 15) is 9.59 Å². The highest BCUT2D eigenvalue weighted by Gasteiger charge is 2.25. The number of H-pyrrole nitrogens is 1. The van der Waals surface area contributed by atoms with Crippen LogP contribution in [0, 0.1) is 0 Å². The molecular weight excluding hydrogens is 316 g/mol. The lowest BCUT2D eigenvalue weighted by Gasteiger charge is -1.94. The molecule has 1 aliphatic rings. The molecule has 2 amide bonds. The number of thioether (sulfide) groups is 1. The van der Waals surface area contributed by atoms with Gasteiger partial charge in [-0.3, -0.25) is 14.9 Å². The van der Waals surface area contributed by atoms with Crippen molar-refractivity contribution in [1.82, 2.24) is 10.3 Å². The van der Waals surface area contributed by atoms with Crippen LogP contribution < -0.4 is 5.32 Å². The molecule has 0 radical (unpaired) electrons. The molecule has 2 heterocycles. The number of imide groups is 1. The van der Waals surface area contributed by atoms with E-state index in [1.807, 2.05) is 24.4 Å². The van der Waals surface area contributed by atoms with Crippen molar-refractivity contribution in [1.29, 1.82) is 0 Å². The van der Waals surface area contributed by atoms with Crippen LogP contribution in [0.25, 0.3) is 17.0 Å². The molecule has 1 aromatic carbocycles. The molecule has 4 nitrogen and oxygen atoms in total. The summed E-state index contributed by atoms with van der Waals surface area (Å²) in [5.74, 6) is -0.339. The maximum atomic E-state index is 11.5. The number of carbonyl (C=O) groups excluding carboxylic acids is 2. The number of aromatic amines is 1. The summed E-state index contributed by atoms with van der Waals surface area (Å²) in [7, 11) is 0. The maximum Gasteiger partial charge on any atom is 0.290 e. The first kappa shape index (κ1) is 11.6. The average Bonchev–Trinajstić information content (AvgIpc) is 2.84. The number of nitrogens with one attached hydrogen (secondary N) is 2. The van der Waals surface area contributed by atoms with Crippen LogP contribution in [-0.4, -0.2) is 16.1 Å². The summed E-state index contributed by atoms with van der Waals surface area (Å²) < 4.78 is 0.967. The average molecular weight is 323 g/mol. The van der Waals surface area contributed by atoms with E-state index >= 15 is 0 Å². The molecule has 6 heteroatoms. The van der Waals surface area contributed by atoms with Gasteiger partial charge in [0.25, 0.3) is 11.1 Å². The van der Waals surface area contributed by atoms with Crippen molar-refractivity contribution in [3.63, 3.8) is 0 Å². The lowest BCUT2D eigenvalue weighted by atomic mass is 10.1. The van der Waals surface area contributed by atoms with Gasteiger partial charge in [0, 0.05) is 27.1 Å². The summed E-state index contributed by atoms with van der Waals surface area (Å²) >= 11 is 4.33. The summed E-state index contributed by atoms with van der Waals surface area (Å²) in [5.41, 5.74) is 1.87. The Hall–Kier alpha value is -1.53. The normalized spacial score (nSPS) is 17.7. The van der Waals surface area contributed by atoms with Gasteiger partial charge in [-0.1, -0.05) is 15.9 Å². The Morgan fingerprint density at radius 1 is 1.28 bits per heavy atom. The van der Waals surface area contributed by atoms with Gasteiger partial charge in [0.2, 0.25) is 0 Å². The van der Waals surface area contributed by atoms with Gasteiger partial charge >= 0.3 is 0 Å². The second-order valence-electron chi connectivity index (χ2n) is 3.79. The van der Waals surface area contributed by atoms with E-state index in [0.717, 1.165) is 32.7 Å². The molecule has 1 aliphatic heterocycles. The number of carbonyl (C=O) groups is 2. The first-order chi connectivity index (χ1) is 8.63. The van der Waals surface area contributed by atoms with E-state index in [2.05, 4.69) is 26.2 Å². The van der Waals surface area contributed by atoms with Gasteiger partial charge in [0.15, 0.2) is 0 Å². The van der Waals surface area contributed by atoms with E-state index in [0.29, 0.717) is 4.91 Å². The summed E-state index contributed by atoms with van der Waals surface area (Å²) in [6, 6.07) is 5.86. The summed E-state index contributed by atoms with van der Waals surface area (Å²) in [5, 5.41) is 2.91. The van der Waals surface area contributed by atoms with Crippen LogP contribution in [0.3, 0.4) is 0 Å². The van der Waals surface area contributed by atoms with Gasteiger partial charge in [-0.15, -0.1) is 0 Å². The Morgan fingerprint density at radius 3 is 2.83 bits per heavy atom. The van der Waals surface area contributed by atoms with Crippen molar-refractivity contribution < 1.29 is 9.59 Å². The van der Waals surface area contributed by atoms with Gasteiger partial charge in [-0.05, 0) is 36.0 Å². The van der Waals surface area contributed by atoms with E-state index in [4.69, 9.17) is 0 Å². The second-order valence-corrected chi connectivity index (χ2v) is 5.72. The van der Waals surface area contributed by atoms with E-state index in [1.54, 1.807) is 6.08 Å². The maximum absolute atomic E-state index is 11.5. The van der Waals surface area contributed by atoms with E-state index in [-0.39, 0.29) is 11.1 Å². The SMILES string of the molecule is O=C1NC(=O)/C(=C\c2c[nH]c3ccc(Br)cc23)S1. The predicted molar refractivity (Wildman–Crippen MR) is 75.1 cm³/mol. The Kier molecular flexibility index (Phi) is 2.76. The molecule has 1 fully saturated rings. The number of hydrogen-bond donors (Lipinski definition) is 2. The number of fused-ring (bicyclic) bond motifs is 1. The molecule has 2 aromatic rings. The fraction of sp³-hybridized carbons (Fsp3) is 0. The third-order valence-electron chi connectivity index (χ3n) is 2.60. The number of hydrogen-bond acceptors (Lipinski definition) is 3. The minimum Gasteiger partial charge on any atom is -0.361 e. The van der Waals surface area contributed by atoms with Gasteiger partial charge < -0.3 is 4.98 Å². The van der Waals surface area contributed by atoms with Crippen LogP contribution in [0.1, 0.15) is 5.56 Å². The summed E-state index contributed by atoms with van der Waals surface area (Å²) in [6.07, 6.45) is 3.54.